The van der Waals surface area contributed by atoms with Crippen LogP contribution in [0.5, 0.6) is 5.75 Å². The van der Waals surface area contributed by atoms with E-state index in [1.807, 2.05) is 6.92 Å². The van der Waals surface area contributed by atoms with Gasteiger partial charge in [-0.25, -0.2) is 0 Å². The number of hydrogen-bond acceptors (Lipinski definition) is 2. The van der Waals surface area contributed by atoms with Crippen LogP contribution in [0.2, 0.25) is 0 Å². The van der Waals surface area contributed by atoms with Gasteiger partial charge in [-0.3, -0.25) is 0 Å². The van der Waals surface area contributed by atoms with E-state index in [9.17, 15) is 0 Å². The van der Waals surface area contributed by atoms with Crippen molar-refractivity contribution in [3.63, 3.8) is 0 Å². The summed E-state index contributed by atoms with van der Waals surface area (Å²) in [5, 5.41) is 4.79. The van der Waals surface area contributed by atoms with Gasteiger partial charge in [-0.05, 0) is 49.6 Å². The Hall–Kier alpha value is -1.48. The summed E-state index contributed by atoms with van der Waals surface area (Å²) in [5.74, 6) is 1.62. The minimum Gasteiger partial charge on any atom is -0.494 e. The van der Waals surface area contributed by atoms with Gasteiger partial charge >= 0.3 is 0 Å². The van der Waals surface area contributed by atoms with Gasteiger partial charge < -0.3 is 14.6 Å². The number of nitrogens with one attached hydrogen (secondary N) is 1. The van der Waals surface area contributed by atoms with Gasteiger partial charge in [0.25, 0.3) is 0 Å². The predicted octanol–water partition coefficient (Wildman–Crippen LogP) is 2.65. The molecular formula is C15H20N2O. The van der Waals surface area contributed by atoms with Crippen molar-refractivity contribution < 1.29 is 4.74 Å². The van der Waals surface area contributed by atoms with Crippen LogP contribution in [0.3, 0.4) is 0 Å². The number of ether oxygens (including phenoxy) is 1. The van der Waals surface area contributed by atoms with E-state index in [0.717, 1.165) is 25.4 Å². The Labute approximate surface area is 108 Å². The van der Waals surface area contributed by atoms with Crippen molar-refractivity contribution in [2.75, 3.05) is 19.7 Å². The summed E-state index contributed by atoms with van der Waals surface area (Å²) < 4.78 is 7.84. The van der Waals surface area contributed by atoms with Crippen LogP contribution in [-0.2, 0) is 7.05 Å². The maximum Gasteiger partial charge on any atom is 0.120 e. The first-order valence-electron chi connectivity index (χ1n) is 6.72. The highest BCUT2D eigenvalue weighted by atomic mass is 16.5. The molecule has 1 unspecified atom stereocenters. The van der Waals surface area contributed by atoms with Crippen LogP contribution in [0.1, 0.15) is 24.8 Å². The first-order valence-corrected chi connectivity index (χ1v) is 6.72. The van der Waals surface area contributed by atoms with Crippen molar-refractivity contribution >= 4 is 10.9 Å². The highest BCUT2D eigenvalue weighted by Gasteiger charge is 2.20. The Balaban J connectivity index is 2.09. The molecule has 1 aromatic carbocycles. The van der Waals surface area contributed by atoms with Crippen LogP contribution in [0.15, 0.2) is 24.4 Å². The maximum atomic E-state index is 5.62. The van der Waals surface area contributed by atoms with E-state index in [1.165, 1.54) is 22.9 Å². The lowest BCUT2D eigenvalue weighted by molar-refractivity contribution is 0.340. The average Bonchev–Trinajstić information content (AvgIpc) is 2.98. The number of benzene rings is 1. The molecule has 1 aliphatic rings. The lowest BCUT2D eigenvalue weighted by atomic mass is 9.98. The van der Waals surface area contributed by atoms with Crippen molar-refractivity contribution in [3.8, 4) is 5.75 Å². The van der Waals surface area contributed by atoms with E-state index in [4.69, 9.17) is 4.74 Å². The van der Waals surface area contributed by atoms with Gasteiger partial charge in [-0.15, -0.1) is 0 Å². The Kier molecular flexibility index (Phi) is 3.00. The molecule has 1 N–H and O–H groups in total. The first-order chi connectivity index (χ1) is 8.79. The van der Waals surface area contributed by atoms with Crippen LogP contribution in [0.4, 0.5) is 0 Å². The summed E-state index contributed by atoms with van der Waals surface area (Å²) in [6.45, 7) is 4.97. The molecule has 18 heavy (non-hydrogen) atoms. The Morgan fingerprint density at radius 1 is 1.44 bits per heavy atom. The van der Waals surface area contributed by atoms with E-state index in [1.54, 1.807) is 0 Å². The normalized spacial score (nSPS) is 19.6. The summed E-state index contributed by atoms with van der Waals surface area (Å²) in [4.78, 5) is 0. The molecule has 3 nitrogen and oxygen atoms in total. The standard InChI is InChI=1S/C15H20N2O/c1-3-18-12-4-5-15-13(8-12)14(10-17(15)2)11-6-7-16-9-11/h4-5,8,10-11,16H,3,6-7,9H2,1-2H3. The van der Waals surface area contributed by atoms with Gasteiger partial charge in [-0.2, -0.15) is 0 Å². The number of fused-ring (bicyclic) bond motifs is 1. The molecule has 0 bridgehead atoms. The predicted molar refractivity (Wildman–Crippen MR) is 74.3 cm³/mol. The fourth-order valence-corrected chi connectivity index (χ4v) is 2.90. The summed E-state index contributed by atoms with van der Waals surface area (Å²) in [5.41, 5.74) is 2.75. The van der Waals surface area contributed by atoms with Gasteiger partial charge in [0.2, 0.25) is 0 Å². The minimum atomic E-state index is 0.644. The van der Waals surface area contributed by atoms with Crippen LogP contribution in [-0.4, -0.2) is 24.3 Å². The fraction of sp³-hybridized carbons (Fsp3) is 0.467. The smallest absolute Gasteiger partial charge is 0.120 e. The monoisotopic (exact) mass is 244 g/mol. The molecule has 0 amide bonds. The molecule has 0 saturated carbocycles. The number of nitrogens with zero attached hydrogens (tertiary/aromatic N) is 1. The SMILES string of the molecule is CCOc1ccc2c(c1)c(C1CCNC1)cn2C. The molecule has 1 aromatic heterocycles. The third kappa shape index (κ3) is 1.89. The van der Waals surface area contributed by atoms with Crippen molar-refractivity contribution in [2.24, 2.45) is 7.05 Å². The average molecular weight is 244 g/mol. The van der Waals surface area contributed by atoms with E-state index in [2.05, 4.69) is 41.3 Å². The highest BCUT2D eigenvalue weighted by molar-refractivity contribution is 5.86. The quantitative estimate of drug-likeness (QED) is 0.898. The molecule has 3 rings (SSSR count). The third-order valence-electron chi connectivity index (χ3n) is 3.80. The summed E-state index contributed by atoms with van der Waals surface area (Å²) in [6, 6.07) is 6.40. The molecule has 3 heteroatoms. The van der Waals surface area contributed by atoms with Gasteiger partial charge in [0.1, 0.15) is 5.75 Å². The van der Waals surface area contributed by atoms with Gasteiger partial charge in [0.15, 0.2) is 0 Å². The van der Waals surface area contributed by atoms with Crippen molar-refractivity contribution in [2.45, 2.75) is 19.3 Å². The van der Waals surface area contributed by atoms with E-state index < -0.39 is 0 Å². The summed E-state index contributed by atoms with van der Waals surface area (Å²) >= 11 is 0. The third-order valence-corrected chi connectivity index (χ3v) is 3.80. The molecule has 1 atom stereocenters. The molecule has 2 heterocycles. The van der Waals surface area contributed by atoms with Crippen molar-refractivity contribution in [3.05, 3.63) is 30.0 Å². The Morgan fingerprint density at radius 2 is 2.33 bits per heavy atom. The second-order valence-electron chi connectivity index (χ2n) is 5.00. The number of hydrogen-bond donors (Lipinski definition) is 1. The summed E-state index contributed by atoms with van der Waals surface area (Å²) in [7, 11) is 2.12. The second kappa shape index (κ2) is 4.65. The van der Waals surface area contributed by atoms with Crippen LogP contribution in [0.25, 0.3) is 10.9 Å². The zero-order chi connectivity index (χ0) is 12.5. The van der Waals surface area contributed by atoms with Gasteiger partial charge in [0, 0.05) is 30.7 Å². The maximum absolute atomic E-state index is 5.62. The lowest BCUT2D eigenvalue weighted by Gasteiger charge is -2.08. The molecule has 2 aromatic rings. The second-order valence-corrected chi connectivity index (χ2v) is 5.00. The highest BCUT2D eigenvalue weighted by Crippen LogP contribution is 2.33. The fourth-order valence-electron chi connectivity index (χ4n) is 2.90. The molecule has 0 radical (unpaired) electrons. The lowest BCUT2D eigenvalue weighted by Crippen LogP contribution is -2.07. The minimum absolute atomic E-state index is 0.644. The first kappa shape index (κ1) is 11.6. The van der Waals surface area contributed by atoms with E-state index in [-0.39, 0.29) is 0 Å². The summed E-state index contributed by atoms with van der Waals surface area (Å²) in [6.07, 6.45) is 3.51. The zero-order valence-corrected chi connectivity index (χ0v) is 11.1. The number of aryl methyl sites for hydroxylation is 1. The molecule has 96 valence electrons. The topological polar surface area (TPSA) is 26.2 Å². The van der Waals surface area contributed by atoms with Crippen molar-refractivity contribution in [1.82, 2.24) is 9.88 Å². The van der Waals surface area contributed by atoms with Crippen LogP contribution < -0.4 is 10.1 Å². The Morgan fingerprint density at radius 3 is 3.06 bits per heavy atom. The van der Waals surface area contributed by atoms with E-state index in [0.29, 0.717) is 5.92 Å². The van der Waals surface area contributed by atoms with Crippen LogP contribution in [0, 0.1) is 0 Å². The zero-order valence-electron chi connectivity index (χ0n) is 11.1. The molecule has 1 aliphatic heterocycles. The molecule has 0 aliphatic carbocycles. The molecular weight excluding hydrogens is 224 g/mol. The largest absolute Gasteiger partial charge is 0.494 e. The molecule has 0 spiro atoms. The van der Waals surface area contributed by atoms with Gasteiger partial charge in [0.05, 0.1) is 6.61 Å². The van der Waals surface area contributed by atoms with Crippen molar-refractivity contribution in [1.29, 1.82) is 0 Å². The Bertz CT molecular complexity index is 553. The molecule has 1 fully saturated rings. The number of rotatable bonds is 3. The number of aromatic nitrogens is 1. The van der Waals surface area contributed by atoms with Gasteiger partial charge in [-0.1, -0.05) is 0 Å². The molecule has 1 saturated heterocycles. The van der Waals surface area contributed by atoms with E-state index >= 15 is 0 Å². The van der Waals surface area contributed by atoms with Crippen LogP contribution >= 0.6 is 0 Å².